The molecule has 0 spiro atoms. The molecule has 4 aliphatic carbocycles. The quantitative estimate of drug-likeness (QED) is 0.611. The van der Waals surface area contributed by atoms with Crippen LogP contribution in [0.15, 0.2) is 30.3 Å². The fourth-order valence-corrected chi connectivity index (χ4v) is 7.67. The number of fused-ring (bicyclic) bond motifs is 1. The fraction of sp³-hybridized carbons (Fsp3) is 0.571. The van der Waals surface area contributed by atoms with Crippen LogP contribution < -0.4 is 18.9 Å². The lowest BCUT2D eigenvalue weighted by Crippen LogP contribution is -2.56. The summed E-state index contributed by atoms with van der Waals surface area (Å²) in [5.41, 5.74) is 3.28. The molecule has 2 aromatic rings. The highest BCUT2D eigenvalue weighted by molar-refractivity contribution is 5.77. The summed E-state index contributed by atoms with van der Waals surface area (Å²) in [5, 5.41) is 0. The fourth-order valence-electron chi connectivity index (χ4n) is 7.67. The zero-order valence-corrected chi connectivity index (χ0v) is 20.0. The molecule has 5 aliphatic rings. The summed E-state index contributed by atoms with van der Waals surface area (Å²) in [4.78, 5) is 2.74. The smallest absolute Gasteiger partial charge is 0.168 e. The molecule has 1 aliphatic heterocycles. The topological polar surface area (TPSA) is 40.2 Å². The summed E-state index contributed by atoms with van der Waals surface area (Å²) in [5.74, 6) is 6.88. The summed E-state index contributed by atoms with van der Waals surface area (Å²) < 4.78 is 23.4. The zero-order chi connectivity index (χ0) is 22.5. The van der Waals surface area contributed by atoms with E-state index in [-0.39, 0.29) is 0 Å². The summed E-state index contributed by atoms with van der Waals surface area (Å²) in [6.45, 7) is 2.62. The second-order valence-corrected chi connectivity index (χ2v) is 10.4. The van der Waals surface area contributed by atoms with Crippen molar-refractivity contribution in [3.63, 3.8) is 0 Å². The van der Waals surface area contributed by atoms with E-state index in [4.69, 9.17) is 18.9 Å². The van der Waals surface area contributed by atoms with Gasteiger partial charge in [-0.1, -0.05) is 12.1 Å². The molecule has 5 heteroatoms. The molecule has 2 aromatic carbocycles. The molecule has 0 N–H and O–H groups in total. The van der Waals surface area contributed by atoms with Gasteiger partial charge in [-0.15, -0.1) is 0 Å². The highest BCUT2D eigenvalue weighted by Crippen LogP contribution is 2.55. The Hall–Kier alpha value is -2.40. The lowest BCUT2D eigenvalue weighted by Gasteiger charge is -2.57. The van der Waals surface area contributed by atoms with Gasteiger partial charge >= 0.3 is 0 Å². The van der Waals surface area contributed by atoms with Crippen LogP contribution in [0.4, 0.5) is 0 Å². The van der Waals surface area contributed by atoms with Gasteiger partial charge in [0.25, 0.3) is 0 Å². The van der Waals surface area contributed by atoms with Gasteiger partial charge in [-0.25, -0.2) is 0 Å². The van der Waals surface area contributed by atoms with Gasteiger partial charge < -0.3 is 18.9 Å². The van der Waals surface area contributed by atoms with Gasteiger partial charge in [0.15, 0.2) is 23.0 Å². The van der Waals surface area contributed by atoms with Crippen LogP contribution in [0.3, 0.4) is 0 Å². The van der Waals surface area contributed by atoms with E-state index in [1.807, 2.05) is 12.1 Å². The molecule has 176 valence electrons. The second kappa shape index (κ2) is 8.43. The Kier molecular flexibility index (Phi) is 5.40. The SMILES string of the molecule is COc1cc(-c2cccc(OC)c2OC)cc2c1OCCN(C1C3CC4CC(C3)CC1C4)C2. The number of rotatable bonds is 5. The Labute approximate surface area is 197 Å². The lowest BCUT2D eigenvalue weighted by atomic mass is 9.54. The van der Waals surface area contributed by atoms with E-state index in [0.717, 1.165) is 70.9 Å². The second-order valence-electron chi connectivity index (χ2n) is 10.4. The Morgan fingerprint density at radius 2 is 1.58 bits per heavy atom. The monoisotopic (exact) mass is 449 g/mol. The standard InChI is InChI=1S/C28H35NO4/c1-30-24-6-4-5-23(28(24)32-3)19-14-22-16-29(7-8-33-27(22)25(15-19)31-2)26-20-10-17-9-18(12-20)13-21(26)11-17/h4-6,14-15,17-18,20-21,26H,7-13,16H2,1-3H3. The summed E-state index contributed by atoms with van der Waals surface area (Å²) in [6.07, 6.45) is 7.24. The molecule has 0 saturated heterocycles. The number of methoxy groups -OCH3 is 3. The molecule has 7 rings (SSSR count). The van der Waals surface area contributed by atoms with Crippen LogP contribution in [0.2, 0.25) is 0 Å². The maximum atomic E-state index is 6.31. The van der Waals surface area contributed by atoms with Crippen molar-refractivity contribution in [3.05, 3.63) is 35.9 Å². The van der Waals surface area contributed by atoms with Gasteiger partial charge in [0, 0.05) is 30.3 Å². The predicted octanol–water partition coefficient (Wildman–Crippen LogP) is 5.40. The molecular weight excluding hydrogens is 414 g/mol. The molecule has 4 fully saturated rings. The van der Waals surface area contributed by atoms with Crippen molar-refractivity contribution in [3.8, 4) is 34.1 Å². The van der Waals surface area contributed by atoms with Crippen LogP contribution >= 0.6 is 0 Å². The van der Waals surface area contributed by atoms with Gasteiger partial charge in [0.1, 0.15) is 6.61 Å². The third-order valence-corrected chi connectivity index (χ3v) is 8.66. The Bertz CT molecular complexity index is 1010. The van der Waals surface area contributed by atoms with Crippen LogP contribution in [-0.2, 0) is 6.54 Å². The van der Waals surface area contributed by atoms with E-state index >= 15 is 0 Å². The van der Waals surface area contributed by atoms with Crippen molar-refractivity contribution in [2.24, 2.45) is 23.7 Å². The largest absolute Gasteiger partial charge is 0.493 e. The third kappa shape index (κ3) is 3.56. The van der Waals surface area contributed by atoms with Crippen molar-refractivity contribution in [2.75, 3.05) is 34.5 Å². The van der Waals surface area contributed by atoms with E-state index in [1.54, 1.807) is 21.3 Å². The van der Waals surface area contributed by atoms with Crippen LogP contribution in [0.1, 0.15) is 37.7 Å². The summed E-state index contributed by atoms with van der Waals surface area (Å²) in [6, 6.07) is 11.0. The average molecular weight is 450 g/mol. The summed E-state index contributed by atoms with van der Waals surface area (Å²) in [7, 11) is 5.10. The van der Waals surface area contributed by atoms with Gasteiger partial charge in [-0.3, -0.25) is 4.90 Å². The van der Waals surface area contributed by atoms with Crippen LogP contribution in [0.5, 0.6) is 23.0 Å². The molecular formula is C28H35NO4. The Morgan fingerprint density at radius 3 is 2.24 bits per heavy atom. The summed E-state index contributed by atoms with van der Waals surface area (Å²) >= 11 is 0. The van der Waals surface area contributed by atoms with Crippen LogP contribution in [-0.4, -0.2) is 45.4 Å². The average Bonchev–Trinajstić information content (AvgIpc) is 3.04. The minimum Gasteiger partial charge on any atom is -0.493 e. The first-order valence-corrected chi connectivity index (χ1v) is 12.5. The minimum absolute atomic E-state index is 0.702. The van der Waals surface area contributed by atoms with Crippen molar-refractivity contribution in [2.45, 2.75) is 44.7 Å². The first-order chi connectivity index (χ1) is 16.2. The number of hydrogen-bond acceptors (Lipinski definition) is 5. The maximum absolute atomic E-state index is 6.31. The number of para-hydroxylation sites is 1. The highest BCUT2D eigenvalue weighted by Gasteiger charge is 2.50. The van der Waals surface area contributed by atoms with Crippen molar-refractivity contribution < 1.29 is 18.9 Å². The first kappa shape index (κ1) is 21.2. The van der Waals surface area contributed by atoms with Crippen molar-refractivity contribution in [1.29, 1.82) is 0 Å². The zero-order valence-electron chi connectivity index (χ0n) is 20.0. The van der Waals surface area contributed by atoms with E-state index < -0.39 is 0 Å². The van der Waals surface area contributed by atoms with E-state index in [9.17, 15) is 0 Å². The van der Waals surface area contributed by atoms with Crippen LogP contribution in [0.25, 0.3) is 11.1 Å². The Balaban J connectivity index is 1.37. The molecule has 5 nitrogen and oxygen atoms in total. The van der Waals surface area contributed by atoms with Gasteiger partial charge in [0.05, 0.1) is 21.3 Å². The molecule has 0 unspecified atom stereocenters. The van der Waals surface area contributed by atoms with E-state index in [2.05, 4.69) is 23.1 Å². The molecule has 1 heterocycles. The third-order valence-electron chi connectivity index (χ3n) is 8.66. The molecule has 33 heavy (non-hydrogen) atoms. The lowest BCUT2D eigenvalue weighted by molar-refractivity contribution is -0.0687. The van der Waals surface area contributed by atoms with Gasteiger partial charge in [-0.2, -0.15) is 0 Å². The predicted molar refractivity (Wildman–Crippen MR) is 128 cm³/mol. The molecule has 0 aromatic heterocycles. The number of nitrogens with zero attached hydrogens (tertiary/aromatic N) is 1. The number of ether oxygens (including phenoxy) is 4. The number of hydrogen-bond donors (Lipinski definition) is 0. The highest BCUT2D eigenvalue weighted by atomic mass is 16.5. The van der Waals surface area contributed by atoms with Crippen molar-refractivity contribution >= 4 is 0 Å². The number of benzene rings is 2. The first-order valence-electron chi connectivity index (χ1n) is 12.5. The Morgan fingerprint density at radius 1 is 0.848 bits per heavy atom. The maximum Gasteiger partial charge on any atom is 0.168 e. The van der Waals surface area contributed by atoms with Crippen molar-refractivity contribution in [1.82, 2.24) is 4.90 Å². The van der Waals surface area contributed by atoms with E-state index in [0.29, 0.717) is 12.6 Å². The molecule has 4 bridgehead atoms. The van der Waals surface area contributed by atoms with E-state index in [1.165, 1.54) is 37.7 Å². The minimum atomic E-state index is 0.702. The van der Waals surface area contributed by atoms with Gasteiger partial charge in [0.2, 0.25) is 0 Å². The normalized spacial score (nSPS) is 30.3. The van der Waals surface area contributed by atoms with Crippen LogP contribution in [0, 0.1) is 23.7 Å². The van der Waals surface area contributed by atoms with Gasteiger partial charge in [-0.05, 0) is 79.5 Å². The molecule has 4 saturated carbocycles. The molecule has 0 radical (unpaired) electrons. The molecule has 0 atom stereocenters. The molecule has 0 amide bonds.